The highest BCUT2D eigenvalue weighted by atomic mass is 32.1. The number of carbonyl (C=O) groups excluding carboxylic acids is 1. The van der Waals surface area contributed by atoms with E-state index in [-0.39, 0.29) is 11.9 Å². The first-order valence-electron chi connectivity index (χ1n) is 7.72. The summed E-state index contributed by atoms with van der Waals surface area (Å²) in [6, 6.07) is 2.33. The van der Waals surface area contributed by atoms with Crippen molar-refractivity contribution >= 4 is 17.2 Å². The lowest BCUT2D eigenvalue weighted by atomic mass is 9.99. The summed E-state index contributed by atoms with van der Waals surface area (Å²) in [4.78, 5) is 19.1. The maximum atomic E-state index is 12.5. The van der Waals surface area contributed by atoms with Crippen molar-refractivity contribution in [1.82, 2.24) is 14.9 Å². The molecule has 5 heteroatoms. The van der Waals surface area contributed by atoms with E-state index in [2.05, 4.69) is 20.9 Å². The minimum absolute atomic E-state index is 0.1000. The molecule has 0 fully saturated rings. The number of hydrogen-bond donors (Lipinski definition) is 1. The highest BCUT2D eigenvalue weighted by Crippen LogP contribution is 2.29. The van der Waals surface area contributed by atoms with Crippen LogP contribution < -0.4 is 5.32 Å². The Bertz CT molecular complexity index is 649. The molecule has 21 heavy (non-hydrogen) atoms. The van der Waals surface area contributed by atoms with Crippen LogP contribution in [-0.4, -0.2) is 21.5 Å². The van der Waals surface area contributed by atoms with Gasteiger partial charge in [0, 0.05) is 36.3 Å². The number of thiophene rings is 1. The normalized spacial score (nSPS) is 20.7. The highest BCUT2D eigenvalue weighted by molar-refractivity contribution is 7.14. The summed E-state index contributed by atoms with van der Waals surface area (Å²) >= 11 is 1.69. The molecule has 0 saturated heterocycles. The molecule has 1 N–H and O–H groups in total. The Labute approximate surface area is 128 Å². The first-order valence-corrected chi connectivity index (χ1v) is 8.54. The maximum Gasteiger partial charge on any atom is 0.261 e. The number of aromatic nitrogens is 2. The Morgan fingerprint density at radius 3 is 3.14 bits per heavy atom. The largest absolute Gasteiger partial charge is 0.347 e. The third-order valence-electron chi connectivity index (χ3n) is 4.49. The molecule has 0 aromatic carbocycles. The average Bonchev–Trinajstić information content (AvgIpc) is 3.13. The molecule has 0 saturated carbocycles. The van der Waals surface area contributed by atoms with Crippen molar-refractivity contribution in [1.29, 1.82) is 0 Å². The van der Waals surface area contributed by atoms with Crippen LogP contribution in [0.4, 0.5) is 0 Å². The zero-order valence-electron chi connectivity index (χ0n) is 12.0. The summed E-state index contributed by atoms with van der Waals surface area (Å²) in [5.74, 6) is 1.23. The lowest BCUT2D eigenvalue weighted by Crippen LogP contribution is -2.40. The Hall–Kier alpha value is -1.62. The fourth-order valence-corrected chi connectivity index (χ4v) is 4.50. The number of imidazole rings is 1. The Morgan fingerprint density at radius 2 is 2.24 bits per heavy atom. The van der Waals surface area contributed by atoms with Crippen molar-refractivity contribution < 1.29 is 4.79 Å². The number of carbonyl (C=O) groups is 1. The number of nitrogens with zero attached hydrogens (tertiary/aromatic N) is 2. The summed E-state index contributed by atoms with van der Waals surface area (Å²) in [5, 5.41) is 3.20. The molecule has 4 rings (SSSR count). The van der Waals surface area contributed by atoms with E-state index in [4.69, 9.17) is 0 Å². The topological polar surface area (TPSA) is 46.9 Å². The highest BCUT2D eigenvalue weighted by Gasteiger charge is 2.23. The van der Waals surface area contributed by atoms with Crippen LogP contribution in [0.3, 0.4) is 0 Å². The average molecular weight is 301 g/mol. The number of aryl methyl sites for hydroxylation is 3. The smallest absolute Gasteiger partial charge is 0.261 e. The lowest BCUT2D eigenvalue weighted by Gasteiger charge is -2.24. The molecule has 1 atom stereocenters. The van der Waals surface area contributed by atoms with E-state index >= 15 is 0 Å². The van der Waals surface area contributed by atoms with Crippen molar-refractivity contribution in [3.05, 3.63) is 39.6 Å². The number of amides is 1. The number of nitrogens with one attached hydrogen (secondary N) is 1. The summed E-state index contributed by atoms with van der Waals surface area (Å²) in [6.07, 6.45) is 10.6. The molecular weight excluding hydrogens is 282 g/mol. The molecule has 1 aliphatic heterocycles. The third-order valence-corrected chi connectivity index (χ3v) is 5.73. The summed E-state index contributed by atoms with van der Waals surface area (Å²) in [5.41, 5.74) is 1.40. The fourth-order valence-electron chi connectivity index (χ4n) is 3.34. The number of fused-ring (bicyclic) bond motifs is 2. The van der Waals surface area contributed by atoms with Crippen LogP contribution in [0.1, 0.15) is 45.2 Å². The van der Waals surface area contributed by atoms with Gasteiger partial charge in [0.05, 0.1) is 4.88 Å². The van der Waals surface area contributed by atoms with Crippen molar-refractivity contribution in [2.45, 2.75) is 51.1 Å². The zero-order valence-corrected chi connectivity index (χ0v) is 12.8. The molecule has 2 aromatic rings. The van der Waals surface area contributed by atoms with Gasteiger partial charge in [0.15, 0.2) is 0 Å². The van der Waals surface area contributed by atoms with Crippen LogP contribution in [0.5, 0.6) is 0 Å². The standard InChI is InChI=1S/C16H19N3OS/c20-16(14-9-11-3-1-2-4-13(11)21-14)18-12-5-6-15-17-7-8-19(15)10-12/h7-9,12H,1-6,10H2,(H,18,20). The first kappa shape index (κ1) is 13.1. The van der Waals surface area contributed by atoms with E-state index in [0.29, 0.717) is 0 Å². The van der Waals surface area contributed by atoms with E-state index in [0.717, 1.165) is 42.9 Å². The van der Waals surface area contributed by atoms with Gasteiger partial charge in [-0.2, -0.15) is 0 Å². The van der Waals surface area contributed by atoms with Gasteiger partial charge in [-0.1, -0.05) is 0 Å². The second-order valence-corrected chi connectivity index (χ2v) is 7.11. The predicted molar refractivity (Wildman–Crippen MR) is 82.8 cm³/mol. The molecule has 3 heterocycles. The molecule has 1 unspecified atom stereocenters. The second-order valence-electron chi connectivity index (χ2n) is 5.97. The minimum atomic E-state index is 0.1000. The van der Waals surface area contributed by atoms with Crippen LogP contribution in [0.15, 0.2) is 18.5 Å². The van der Waals surface area contributed by atoms with Crippen molar-refractivity contribution in [2.24, 2.45) is 0 Å². The Morgan fingerprint density at radius 1 is 1.33 bits per heavy atom. The summed E-state index contributed by atoms with van der Waals surface area (Å²) in [6.45, 7) is 0.839. The van der Waals surface area contributed by atoms with Gasteiger partial charge >= 0.3 is 0 Å². The van der Waals surface area contributed by atoms with Crippen molar-refractivity contribution in [3.63, 3.8) is 0 Å². The minimum Gasteiger partial charge on any atom is -0.347 e. The lowest BCUT2D eigenvalue weighted by molar-refractivity contribution is 0.0931. The first-order chi connectivity index (χ1) is 10.3. The van der Waals surface area contributed by atoms with Gasteiger partial charge in [-0.3, -0.25) is 4.79 Å². The Kier molecular flexibility index (Phi) is 3.30. The van der Waals surface area contributed by atoms with Gasteiger partial charge in [-0.05, 0) is 43.7 Å². The van der Waals surface area contributed by atoms with E-state index in [9.17, 15) is 4.79 Å². The fraction of sp³-hybridized carbons (Fsp3) is 0.500. The molecule has 2 aliphatic rings. The monoisotopic (exact) mass is 301 g/mol. The van der Waals surface area contributed by atoms with E-state index in [1.807, 2.05) is 12.4 Å². The molecular formula is C16H19N3OS. The quantitative estimate of drug-likeness (QED) is 0.926. The summed E-state index contributed by atoms with van der Waals surface area (Å²) in [7, 11) is 0. The van der Waals surface area contributed by atoms with E-state index in [1.165, 1.54) is 23.3 Å². The summed E-state index contributed by atoms with van der Waals surface area (Å²) < 4.78 is 2.15. The zero-order chi connectivity index (χ0) is 14.2. The van der Waals surface area contributed by atoms with Crippen LogP contribution in [0, 0.1) is 0 Å². The van der Waals surface area contributed by atoms with Crippen LogP contribution in [0.25, 0.3) is 0 Å². The van der Waals surface area contributed by atoms with Gasteiger partial charge < -0.3 is 9.88 Å². The molecule has 1 aliphatic carbocycles. The van der Waals surface area contributed by atoms with Crippen molar-refractivity contribution in [2.75, 3.05) is 0 Å². The van der Waals surface area contributed by atoms with Gasteiger partial charge in [-0.15, -0.1) is 11.3 Å². The van der Waals surface area contributed by atoms with Gasteiger partial charge in [-0.25, -0.2) is 4.98 Å². The molecule has 110 valence electrons. The van der Waals surface area contributed by atoms with Crippen molar-refractivity contribution in [3.8, 4) is 0 Å². The molecule has 2 aromatic heterocycles. The van der Waals surface area contributed by atoms with Gasteiger partial charge in [0.1, 0.15) is 5.82 Å². The van der Waals surface area contributed by atoms with Gasteiger partial charge in [0.25, 0.3) is 5.91 Å². The van der Waals surface area contributed by atoms with Crippen LogP contribution >= 0.6 is 11.3 Å². The molecule has 4 nitrogen and oxygen atoms in total. The Balaban J connectivity index is 1.45. The van der Waals surface area contributed by atoms with Crippen LogP contribution in [0.2, 0.25) is 0 Å². The third kappa shape index (κ3) is 2.50. The molecule has 0 bridgehead atoms. The van der Waals surface area contributed by atoms with Crippen LogP contribution in [-0.2, 0) is 25.8 Å². The van der Waals surface area contributed by atoms with E-state index < -0.39 is 0 Å². The molecule has 0 radical (unpaired) electrons. The SMILES string of the molecule is O=C(NC1CCc2nccn2C1)c1cc2c(s1)CCCC2. The molecule has 0 spiro atoms. The van der Waals surface area contributed by atoms with Gasteiger partial charge in [0.2, 0.25) is 0 Å². The molecule has 1 amide bonds. The number of hydrogen-bond acceptors (Lipinski definition) is 3. The second kappa shape index (κ2) is 5.30. The number of rotatable bonds is 2. The van der Waals surface area contributed by atoms with E-state index in [1.54, 1.807) is 11.3 Å². The maximum absolute atomic E-state index is 12.5. The predicted octanol–water partition coefficient (Wildman–Crippen LogP) is 2.57.